The van der Waals surface area contributed by atoms with Crippen molar-refractivity contribution in [2.24, 2.45) is 0 Å². The topological polar surface area (TPSA) is 42.9 Å². The smallest absolute Gasteiger partial charge is 0.188 e. The third kappa shape index (κ3) is 4.45. The van der Waals surface area contributed by atoms with Crippen LogP contribution < -0.4 is 0 Å². The molecule has 5 nitrogen and oxygen atoms in total. The van der Waals surface area contributed by atoms with Gasteiger partial charge in [-0.2, -0.15) is 5.26 Å². The normalized spacial score (nSPS) is 11.6. The van der Waals surface area contributed by atoms with E-state index < -0.39 is 0 Å². The predicted molar refractivity (Wildman–Crippen MR) is 226 cm³/mol. The fraction of sp³-hybridized carbons (Fsp3) is 0. The van der Waals surface area contributed by atoms with Gasteiger partial charge >= 0.3 is 0 Å². The minimum Gasteiger partial charge on any atom is -0.309 e. The van der Waals surface area contributed by atoms with Crippen molar-refractivity contribution in [1.82, 2.24) is 13.7 Å². The Labute approximate surface area is 316 Å². The van der Waals surface area contributed by atoms with Crippen molar-refractivity contribution in [2.75, 3.05) is 0 Å². The van der Waals surface area contributed by atoms with Crippen LogP contribution in [-0.4, -0.2) is 13.7 Å². The van der Waals surface area contributed by atoms with Crippen molar-refractivity contribution < 1.29 is 0 Å². The third-order valence-corrected chi connectivity index (χ3v) is 11.1. The summed E-state index contributed by atoms with van der Waals surface area (Å²) in [5, 5.41) is 17.4. The third-order valence-electron chi connectivity index (χ3n) is 11.1. The molecule has 254 valence electrons. The zero-order valence-electron chi connectivity index (χ0n) is 29.5. The Balaban J connectivity index is 1.13. The summed E-state index contributed by atoms with van der Waals surface area (Å²) < 4.78 is 6.85. The van der Waals surface area contributed by atoms with E-state index in [1.54, 1.807) is 0 Å². The van der Waals surface area contributed by atoms with Crippen LogP contribution in [0.15, 0.2) is 176 Å². The lowest BCUT2D eigenvalue weighted by molar-refractivity contribution is 1.15. The average molecular weight is 700 g/mol. The summed E-state index contributed by atoms with van der Waals surface area (Å²) in [7, 11) is 0. The molecule has 0 N–H and O–H groups in total. The molecule has 0 bridgehead atoms. The molecule has 5 heteroatoms. The van der Waals surface area contributed by atoms with E-state index in [9.17, 15) is 5.26 Å². The highest BCUT2D eigenvalue weighted by Crippen LogP contribution is 2.41. The first-order valence-corrected chi connectivity index (χ1v) is 18.3. The summed E-state index contributed by atoms with van der Waals surface area (Å²) in [5.74, 6) is 0. The Morgan fingerprint density at radius 3 is 1.36 bits per heavy atom. The van der Waals surface area contributed by atoms with Crippen molar-refractivity contribution >= 4 is 71.1 Å². The van der Waals surface area contributed by atoms with Crippen molar-refractivity contribution in [3.8, 4) is 34.3 Å². The van der Waals surface area contributed by atoms with Crippen molar-refractivity contribution in [2.45, 2.75) is 0 Å². The molecule has 0 saturated heterocycles. The van der Waals surface area contributed by atoms with E-state index in [1.165, 1.54) is 10.8 Å². The number of nitriles is 1. The summed E-state index contributed by atoms with van der Waals surface area (Å²) in [6, 6.07) is 63.6. The second-order valence-corrected chi connectivity index (χ2v) is 14.0. The summed E-state index contributed by atoms with van der Waals surface area (Å²) in [6.07, 6.45) is 0. The first kappa shape index (κ1) is 30.7. The first-order chi connectivity index (χ1) is 27.2. The van der Waals surface area contributed by atoms with E-state index in [4.69, 9.17) is 6.57 Å². The Bertz CT molecular complexity index is 3350. The maximum Gasteiger partial charge on any atom is 0.188 e. The molecule has 0 aliphatic heterocycles. The molecule has 0 fully saturated rings. The molecule has 0 radical (unpaired) electrons. The predicted octanol–water partition coefficient (Wildman–Crippen LogP) is 13.1. The van der Waals surface area contributed by atoms with Gasteiger partial charge in [-0.05, 0) is 77.9 Å². The van der Waals surface area contributed by atoms with Gasteiger partial charge in [-0.3, -0.25) is 0 Å². The number of aromatic nitrogens is 3. The standard InChI is InChI=1S/C50H29N5/c1-52-34-24-27-48(54-44-18-8-2-12-36(44)37-13-3-9-19-45(37)54)41(29-34)32-22-25-35(26-23-32)53-43-17-7-6-16-40(43)42-28-33(31-51)49(30-50(42)53)55-46-20-10-4-14-38(46)39-15-5-11-21-47(39)55/h2-30H. The number of hydrogen-bond donors (Lipinski definition) is 0. The highest BCUT2D eigenvalue weighted by Gasteiger charge is 2.20. The minimum atomic E-state index is 0.594. The van der Waals surface area contributed by atoms with E-state index in [1.807, 2.05) is 12.1 Å². The number of benzene rings is 8. The molecule has 0 aliphatic carbocycles. The van der Waals surface area contributed by atoms with Crippen LogP contribution in [0.4, 0.5) is 5.69 Å². The quantitative estimate of drug-likeness (QED) is 0.169. The van der Waals surface area contributed by atoms with Crippen LogP contribution >= 0.6 is 0 Å². The first-order valence-electron chi connectivity index (χ1n) is 18.3. The van der Waals surface area contributed by atoms with Gasteiger partial charge in [-0.25, -0.2) is 4.85 Å². The molecule has 11 rings (SSSR count). The lowest BCUT2D eigenvalue weighted by Gasteiger charge is -2.16. The molecule has 3 aromatic heterocycles. The molecule has 0 amide bonds. The van der Waals surface area contributed by atoms with Crippen LogP contribution in [0.5, 0.6) is 0 Å². The van der Waals surface area contributed by atoms with Crippen LogP contribution in [0.1, 0.15) is 5.56 Å². The molecule has 11 aromatic rings. The van der Waals surface area contributed by atoms with Gasteiger partial charge in [0.25, 0.3) is 0 Å². The fourth-order valence-corrected chi connectivity index (χ4v) is 8.73. The van der Waals surface area contributed by atoms with Gasteiger partial charge < -0.3 is 13.7 Å². The summed E-state index contributed by atoms with van der Waals surface area (Å²) in [5.41, 5.74) is 12.6. The molecule has 3 heterocycles. The highest BCUT2D eigenvalue weighted by molar-refractivity contribution is 6.13. The molecule has 0 spiro atoms. The van der Waals surface area contributed by atoms with E-state index >= 15 is 0 Å². The number of fused-ring (bicyclic) bond motifs is 9. The van der Waals surface area contributed by atoms with Gasteiger partial charge in [0, 0.05) is 38.0 Å². The van der Waals surface area contributed by atoms with E-state index in [0.29, 0.717) is 11.3 Å². The molecule has 0 aliphatic rings. The van der Waals surface area contributed by atoms with Crippen molar-refractivity contribution in [3.63, 3.8) is 0 Å². The summed E-state index contributed by atoms with van der Waals surface area (Å²) >= 11 is 0. The van der Waals surface area contributed by atoms with Gasteiger partial charge in [0.1, 0.15) is 6.07 Å². The van der Waals surface area contributed by atoms with Crippen LogP contribution in [0.3, 0.4) is 0 Å². The van der Waals surface area contributed by atoms with Gasteiger partial charge in [0.05, 0.1) is 56.6 Å². The van der Waals surface area contributed by atoms with Gasteiger partial charge in [0.2, 0.25) is 0 Å². The second kappa shape index (κ2) is 11.8. The van der Waals surface area contributed by atoms with Crippen LogP contribution in [0, 0.1) is 17.9 Å². The summed E-state index contributed by atoms with van der Waals surface area (Å²) in [6.45, 7) is 7.87. The molecule has 0 unspecified atom stereocenters. The Hall–Kier alpha value is -7.86. The van der Waals surface area contributed by atoms with Crippen molar-refractivity contribution in [1.29, 1.82) is 5.26 Å². The highest BCUT2D eigenvalue weighted by atomic mass is 15.0. The second-order valence-electron chi connectivity index (χ2n) is 14.0. The van der Waals surface area contributed by atoms with E-state index in [2.05, 4.69) is 188 Å². The molecule has 8 aromatic carbocycles. The monoisotopic (exact) mass is 699 g/mol. The number of nitrogens with zero attached hydrogens (tertiary/aromatic N) is 5. The van der Waals surface area contributed by atoms with Crippen molar-refractivity contribution in [3.05, 3.63) is 193 Å². The summed E-state index contributed by atoms with van der Waals surface area (Å²) in [4.78, 5) is 3.82. The fourth-order valence-electron chi connectivity index (χ4n) is 8.73. The molecule has 0 saturated carbocycles. The zero-order valence-corrected chi connectivity index (χ0v) is 29.5. The van der Waals surface area contributed by atoms with E-state index in [0.717, 1.165) is 82.8 Å². The Morgan fingerprint density at radius 1 is 0.418 bits per heavy atom. The Kier molecular flexibility index (Phi) is 6.61. The largest absolute Gasteiger partial charge is 0.309 e. The van der Waals surface area contributed by atoms with Gasteiger partial charge in [-0.15, -0.1) is 0 Å². The number of para-hydroxylation sites is 5. The molecule has 55 heavy (non-hydrogen) atoms. The lowest BCUT2D eigenvalue weighted by Crippen LogP contribution is -2.00. The van der Waals surface area contributed by atoms with Crippen LogP contribution in [-0.2, 0) is 0 Å². The minimum absolute atomic E-state index is 0.594. The Morgan fingerprint density at radius 2 is 0.873 bits per heavy atom. The maximum atomic E-state index is 10.6. The van der Waals surface area contributed by atoms with Crippen LogP contribution in [0.2, 0.25) is 0 Å². The number of hydrogen-bond acceptors (Lipinski definition) is 1. The molecular weight excluding hydrogens is 671 g/mol. The van der Waals surface area contributed by atoms with E-state index in [-0.39, 0.29) is 0 Å². The van der Waals surface area contributed by atoms with Gasteiger partial charge in [0.15, 0.2) is 5.69 Å². The lowest BCUT2D eigenvalue weighted by atomic mass is 10.0. The SMILES string of the molecule is [C-]#[N+]c1ccc(-n2c3ccccc3c3ccccc32)c(-c2ccc(-n3c4ccccc4c4cc(C#N)c(-n5c6ccccc6c6ccccc65)cc43)cc2)c1. The molecule has 0 atom stereocenters. The van der Waals surface area contributed by atoms with Gasteiger partial charge in [-0.1, -0.05) is 109 Å². The number of rotatable bonds is 4. The van der Waals surface area contributed by atoms with Crippen LogP contribution in [0.25, 0.3) is 98.5 Å². The maximum absolute atomic E-state index is 10.6. The zero-order chi connectivity index (χ0) is 36.6. The molecular formula is C50H29N5. The average Bonchev–Trinajstić information content (AvgIpc) is 3.88.